The maximum absolute atomic E-state index is 13.9. The molecule has 0 bridgehead atoms. The average molecular weight is 567 g/mol. The van der Waals surface area contributed by atoms with Crippen LogP contribution in [0.2, 0.25) is 0 Å². The predicted octanol–water partition coefficient (Wildman–Crippen LogP) is 5.81. The smallest absolute Gasteiger partial charge is 0.408 e. The summed E-state index contributed by atoms with van der Waals surface area (Å²) >= 11 is 0. The van der Waals surface area contributed by atoms with Crippen LogP contribution in [0.1, 0.15) is 82.8 Å². The van der Waals surface area contributed by atoms with Crippen molar-refractivity contribution >= 4 is 12.0 Å². The van der Waals surface area contributed by atoms with Crippen LogP contribution in [0.5, 0.6) is 11.5 Å². The standard InChI is InChI=1S/C33H46N2O6/c1-5-6-16-28(34-32(38)40-21-24-12-8-7-9-13-24)31(37)35-20-27(33(3,22-35)23(2)36)25-17-18-29(39-4)30(19-25)41-26-14-10-11-15-26/h7-9,12-13,17-19,23,26-28,36H,5-6,10-11,14-16,20-22H2,1-4H3,(H,34,38)/t23-,27+,28+,33+/m1/s1. The lowest BCUT2D eigenvalue weighted by Crippen LogP contribution is -2.49. The van der Waals surface area contributed by atoms with E-state index in [2.05, 4.69) is 12.2 Å². The van der Waals surface area contributed by atoms with Crippen molar-refractivity contribution in [3.63, 3.8) is 0 Å². The van der Waals surface area contributed by atoms with Crippen molar-refractivity contribution in [3.8, 4) is 11.5 Å². The van der Waals surface area contributed by atoms with Crippen LogP contribution in [-0.2, 0) is 16.1 Å². The van der Waals surface area contributed by atoms with Crippen LogP contribution >= 0.6 is 0 Å². The summed E-state index contributed by atoms with van der Waals surface area (Å²) in [5, 5.41) is 13.8. The number of aliphatic hydroxyl groups is 1. The molecule has 4 rings (SSSR count). The van der Waals surface area contributed by atoms with Crippen LogP contribution in [0.25, 0.3) is 0 Å². The van der Waals surface area contributed by atoms with Gasteiger partial charge in [-0.3, -0.25) is 4.79 Å². The number of ether oxygens (including phenoxy) is 3. The number of benzene rings is 2. The first-order valence-corrected chi connectivity index (χ1v) is 15.0. The largest absolute Gasteiger partial charge is 0.493 e. The van der Waals surface area contributed by atoms with Gasteiger partial charge in [0.25, 0.3) is 0 Å². The minimum Gasteiger partial charge on any atom is -0.493 e. The number of amides is 2. The number of aliphatic hydroxyl groups excluding tert-OH is 1. The molecule has 224 valence electrons. The van der Waals surface area contributed by atoms with E-state index in [9.17, 15) is 14.7 Å². The summed E-state index contributed by atoms with van der Waals surface area (Å²) < 4.78 is 17.4. The van der Waals surface area contributed by atoms with E-state index in [4.69, 9.17) is 14.2 Å². The van der Waals surface area contributed by atoms with Gasteiger partial charge >= 0.3 is 6.09 Å². The van der Waals surface area contributed by atoms with Gasteiger partial charge in [0.15, 0.2) is 11.5 Å². The van der Waals surface area contributed by atoms with E-state index in [0.717, 1.165) is 36.8 Å². The fraction of sp³-hybridized carbons (Fsp3) is 0.576. The van der Waals surface area contributed by atoms with Crippen molar-refractivity contribution < 1.29 is 28.9 Å². The first-order valence-electron chi connectivity index (χ1n) is 15.0. The maximum Gasteiger partial charge on any atom is 0.408 e. The number of carbonyl (C=O) groups is 2. The highest BCUT2D eigenvalue weighted by atomic mass is 16.5. The second-order valence-electron chi connectivity index (χ2n) is 11.8. The zero-order valence-corrected chi connectivity index (χ0v) is 24.9. The SMILES string of the molecule is CCCC[C@H](NC(=O)OCc1ccccc1)C(=O)N1C[C@@H](c2ccc(OC)c(OC3CCCC3)c2)[C@](C)([C@@H](C)O)C1. The summed E-state index contributed by atoms with van der Waals surface area (Å²) in [6.07, 6.45) is 5.51. The molecule has 1 heterocycles. The molecule has 1 aliphatic heterocycles. The monoisotopic (exact) mass is 566 g/mol. The third kappa shape index (κ3) is 7.53. The molecule has 2 amide bonds. The fourth-order valence-electron chi connectivity index (χ4n) is 6.07. The van der Waals surface area contributed by atoms with E-state index < -0.39 is 23.7 Å². The minimum atomic E-state index is -0.702. The van der Waals surface area contributed by atoms with E-state index >= 15 is 0 Å². The Morgan fingerprint density at radius 1 is 1.12 bits per heavy atom. The number of unbranched alkanes of at least 4 members (excludes halogenated alkanes) is 1. The predicted molar refractivity (Wildman–Crippen MR) is 158 cm³/mol. The molecule has 2 aromatic rings. The Balaban J connectivity index is 1.51. The summed E-state index contributed by atoms with van der Waals surface area (Å²) in [5.41, 5.74) is 1.29. The molecule has 2 aliphatic rings. The normalized spacial score (nSPS) is 22.3. The van der Waals surface area contributed by atoms with Crippen molar-refractivity contribution in [3.05, 3.63) is 59.7 Å². The highest BCUT2D eigenvalue weighted by molar-refractivity contribution is 5.86. The minimum absolute atomic E-state index is 0.125. The molecule has 0 spiro atoms. The Labute approximate surface area is 244 Å². The Kier molecular flexibility index (Phi) is 10.5. The number of likely N-dealkylation sites (tertiary alicyclic amines) is 1. The van der Waals surface area contributed by atoms with Crippen molar-refractivity contribution in [2.75, 3.05) is 20.2 Å². The van der Waals surface area contributed by atoms with Gasteiger partial charge in [0.2, 0.25) is 5.91 Å². The molecule has 0 aromatic heterocycles. The van der Waals surface area contributed by atoms with Crippen LogP contribution in [0, 0.1) is 5.41 Å². The molecular weight excluding hydrogens is 520 g/mol. The van der Waals surface area contributed by atoms with Crippen molar-refractivity contribution in [1.82, 2.24) is 10.2 Å². The van der Waals surface area contributed by atoms with Crippen molar-refractivity contribution in [1.29, 1.82) is 0 Å². The van der Waals surface area contributed by atoms with Gasteiger partial charge in [-0.1, -0.05) is 63.1 Å². The number of hydrogen-bond donors (Lipinski definition) is 2. The molecule has 2 fully saturated rings. The second kappa shape index (κ2) is 14.1. The highest BCUT2D eigenvalue weighted by Crippen LogP contribution is 2.47. The maximum atomic E-state index is 13.9. The van der Waals surface area contributed by atoms with E-state index in [1.807, 2.05) is 55.5 Å². The molecule has 41 heavy (non-hydrogen) atoms. The summed E-state index contributed by atoms with van der Waals surface area (Å²) in [4.78, 5) is 28.4. The molecule has 1 saturated carbocycles. The number of alkyl carbamates (subject to hydrolysis) is 1. The third-order valence-electron chi connectivity index (χ3n) is 8.83. The molecule has 0 radical (unpaired) electrons. The Bertz CT molecular complexity index is 1150. The Morgan fingerprint density at radius 2 is 1.85 bits per heavy atom. The molecule has 8 heteroatoms. The Morgan fingerprint density at radius 3 is 2.51 bits per heavy atom. The van der Waals surface area contributed by atoms with Crippen LogP contribution in [-0.4, -0.2) is 60.5 Å². The van der Waals surface area contributed by atoms with Crippen LogP contribution in [0.4, 0.5) is 4.79 Å². The first kappa shape index (κ1) is 30.7. The molecule has 1 aliphatic carbocycles. The molecule has 0 unspecified atom stereocenters. The van der Waals surface area contributed by atoms with Gasteiger partial charge in [0.05, 0.1) is 19.3 Å². The second-order valence-corrected chi connectivity index (χ2v) is 11.8. The third-order valence-corrected chi connectivity index (χ3v) is 8.83. The van der Waals surface area contributed by atoms with Crippen molar-refractivity contribution in [2.24, 2.45) is 5.41 Å². The van der Waals surface area contributed by atoms with Gasteiger partial charge in [-0.05, 0) is 62.3 Å². The number of methoxy groups -OCH3 is 1. The first-order chi connectivity index (χ1) is 19.7. The summed E-state index contributed by atoms with van der Waals surface area (Å²) in [6, 6.07) is 14.7. The number of nitrogens with zero attached hydrogens (tertiary/aromatic N) is 1. The topological polar surface area (TPSA) is 97.3 Å². The fourth-order valence-corrected chi connectivity index (χ4v) is 6.07. The van der Waals surface area contributed by atoms with E-state index in [0.29, 0.717) is 31.0 Å². The molecule has 4 atom stereocenters. The number of carbonyl (C=O) groups excluding carboxylic acids is 2. The number of nitrogens with one attached hydrogen (secondary N) is 1. The number of rotatable bonds is 12. The zero-order chi connectivity index (χ0) is 29.4. The van der Waals surface area contributed by atoms with Gasteiger partial charge in [-0.2, -0.15) is 0 Å². The van der Waals surface area contributed by atoms with E-state index in [1.54, 1.807) is 18.9 Å². The average Bonchev–Trinajstić information content (AvgIpc) is 3.62. The summed E-state index contributed by atoms with van der Waals surface area (Å²) in [5.74, 6) is 1.11. The van der Waals surface area contributed by atoms with Crippen molar-refractivity contribution in [2.45, 2.75) is 96.5 Å². The summed E-state index contributed by atoms with van der Waals surface area (Å²) in [6.45, 7) is 6.81. The van der Waals surface area contributed by atoms with Gasteiger partial charge in [0.1, 0.15) is 12.6 Å². The molecule has 1 saturated heterocycles. The zero-order valence-electron chi connectivity index (χ0n) is 24.9. The van der Waals surface area contributed by atoms with Crippen LogP contribution in [0.15, 0.2) is 48.5 Å². The van der Waals surface area contributed by atoms with Gasteiger partial charge < -0.3 is 29.5 Å². The van der Waals surface area contributed by atoms with Gasteiger partial charge in [-0.15, -0.1) is 0 Å². The molecule has 2 N–H and O–H groups in total. The van der Waals surface area contributed by atoms with E-state index in [1.165, 1.54) is 12.8 Å². The van der Waals surface area contributed by atoms with Crippen LogP contribution in [0.3, 0.4) is 0 Å². The van der Waals surface area contributed by atoms with Crippen LogP contribution < -0.4 is 14.8 Å². The highest BCUT2D eigenvalue weighted by Gasteiger charge is 2.49. The lowest BCUT2D eigenvalue weighted by molar-refractivity contribution is -0.133. The van der Waals surface area contributed by atoms with Gasteiger partial charge in [-0.25, -0.2) is 4.79 Å². The van der Waals surface area contributed by atoms with Gasteiger partial charge in [0, 0.05) is 24.4 Å². The molecule has 2 aromatic carbocycles. The summed E-state index contributed by atoms with van der Waals surface area (Å²) in [7, 11) is 1.64. The molecular formula is C33H46N2O6. The lowest BCUT2D eigenvalue weighted by Gasteiger charge is -2.34. The van der Waals surface area contributed by atoms with E-state index in [-0.39, 0.29) is 24.5 Å². The lowest BCUT2D eigenvalue weighted by atomic mass is 9.72. The molecule has 8 nitrogen and oxygen atoms in total. The Hall–Kier alpha value is -3.26. The number of hydrogen-bond acceptors (Lipinski definition) is 6. The quantitative estimate of drug-likeness (QED) is 0.336.